The van der Waals surface area contributed by atoms with Crippen molar-refractivity contribution in [3.05, 3.63) is 195 Å². The fourth-order valence-corrected chi connectivity index (χ4v) is 23.3. The molecule has 12 aromatic rings. The molecule has 0 amide bonds. The second-order valence-corrected chi connectivity index (χ2v) is 46.8. The molecule has 768 valence electrons. The molecule has 0 spiro atoms. The molecule has 0 saturated carbocycles. The zero-order valence-corrected chi connectivity index (χ0v) is 91.5. The molecule has 0 radical (unpaired) electrons. The maximum Gasteiger partial charge on any atom is 2.00 e. The van der Waals surface area contributed by atoms with Crippen LogP contribution in [0.2, 0.25) is 0 Å². The van der Waals surface area contributed by atoms with Crippen LogP contribution in [0.1, 0.15) is 242 Å². The minimum atomic E-state index is -3.54. The molecule has 0 fully saturated rings. The Kier molecular flexibility index (Phi) is 36.4. The number of ether oxygens (including phenoxy) is 2. The van der Waals surface area contributed by atoms with Crippen molar-refractivity contribution in [1.82, 2.24) is 58.1 Å². The van der Waals surface area contributed by atoms with Crippen molar-refractivity contribution in [3.8, 4) is 0 Å². The van der Waals surface area contributed by atoms with Gasteiger partial charge in [0.25, 0.3) is 0 Å². The predicted octanol–water partition coefficient (Wildman–Crippen LogP) is 10.0. The topological polar surface area (TPSA) is 477 Å². The summed E-state index contributed by atoms with van der Waals surface area (Å²) >= 11 is 0. The first-order valence-corrected chi connectivity index (χ1v) is 53.7. The van der Waals surface area contributed by atoms with Gasteiger partial charge in [-0.15, -0.1) is 0 Å². The van der Waals surface area contributed by atoms with Crippen molar-refractivity contribution >= 4 is 159 Å². The second kappa shape index (κ2) is 45.0. The number of hydrogen-bond donors (Lipinski definition) is 5. The van der Waals surface area contributed by atoms with E-state index >= 15 is 0 Å². The summed E-state index contributed by atoms with van der Waals surface area (Å²) in [6, 6.07) is 22.0. The van der Waals surface area contributed by atoms with Crippen molar-refractivity contribution in [2.24, 2.45) is 23.7 Å². The average Bonchev–Trinajstić information content (AvgIpc) is 1.60. The van der Waals surface area contributed by atoms with E-state index in [0.29, 0.717) is 132 Å². The van der Waals surface area contributed by atoms with Gasteiger partial charge in [-0.2, -0.15) is 0 Å². The van der Waals surface area contributed by atoms with Gasteiger partial charge in [0, 0.05) is 217 Å². The number of Topliss-reactive ketones (excluding diaryl/α,β-unsaturated/α-hetero) is 2. The van der Waals surface area contributed by atoms with Crippen LogP contribution in [0.3, 0.4) is 0 Å². The van der Waals surface area contributed by atoms with Crippen LogP contribution >= 0.6 is 0 Å². The van der Waals surface area contributed by atoms with Gasteiger partial charge < -0.3 is 92.7 Å². The van der Waals surface area contributed by atoms with Crippen molar-refractivity contribution in [3.63, 3.8) is 0 Å². The van der Waals surface area contributed by atoms with E-state index in [4.69, 9.17) is 14.7 Å². The summed E-state index contributed by atoms with van der Waals surface area (Å²) < 4.78 is 117. The SMILES string of the molecule is CC(=O)OC(C)=O.CC(=O)OCc1cc2cc3n(c2cc1S(C)(=O)=O)CCN(c1ncc(C(C)=O)c(C)n1)C3C(C)C.CC(=O)c1cnc(N2CCn3c(cc4cc(CO)c(S(C)(=O)=O)cc43)C2C(C)C)nc1C.Cc1nc(N2CCn3c(cc4cc(CO)c(S(C)(=O)=O)cc43)[C@@H]2C(C)C)ncc1C(C)(C)O.Cc1nc(N2CCn3c(cc4cc(CO)c(S(C)(=O)=O)cc43)[C@H]2C(C)C)ncc1C(C)(C)O.[CH3-].[Cl-].[Mg+2]. The molecule has 0 aliphatic carbocycles. The van der Waals surface area contributed by atoms with Gasteiger partial charge in [0.1, 0.15) is 6.61 Å². The Bertz CT molecular complexity index is 7150. The summed E-state index contributed by atoms with van der Waals surface area (Å²) in [5.41, 5.74) is 12.4. The van der Waals surface area contributed by atoms with Gasteiger partial charge in [-0.05, 0) is 182 Å². The van der Waals surface area contributed by atoms with Crippen molar-refractivity contribution in [1.29, 1.82) is 0 Å². The normalized spacial score (nSPS) is 15.9. The van der Waals surface area contributed by atoms with Gasteiger partial charge >= 0.3 is 41.0 Å². The van der Waals surface area contributed by atoms with Crippen LogP contribution < -0.4 is 32.0 Å². The number of aliphatic hydroxyl groups is 5. The van der Waals surface area contributed by atoms with Gasteiger partial charge in [-0.3, -0.25) is 24.0 Å². The minimum absolute atomic E-state index is 0. The monoisotopic (exact) mass is 2070 g/mol. The number of ketones is 2. The Morgan fingerprint density at radius 1 is 0.371 bits per heavy atom. The molecular formula is C101H131ClMgN16O20S4. The summed E-state index contributed by atoms with van der Waals surface area (Å²) in [6.45, 7) is 42.1. The number of hydrogen-bond acceptors (Lipinski definition) is 32. The third kappa shape index (κ3) is 24.9. The first-order valence-electron chi connectivity index (χ1n) is 46.2. The smallest absolute Gasteiger partial charge is 1.00 e. The van der Waals surface area contributed by atoms with Crippen LogP contribution in [0.4, 0.5) is 23.8 Å². The largest absolute Gasteiger partial charge is 2.00 e. The molecule has 2 unspecified atom stereocenters. The van der Waals surface area contributed by atoms with Gasteiger partial charge in [0.05, 0.1) is 97.3 Å². The maximum atomic E-state index is 12.6. The van der Waals surface area contributed by atoms with E-state index in [9.17, 15) is 83.2 Å². The van der Waals surface area contributed by atoms with E-state index in [1.165, 1.54) is 47.1 Å². The number of anilines is 4. The summed E-state index contributed by atoms with van der Waals surface area (Å²) in [5.74, 6) is 1.54. The number of sulfone groups is 4. The first kappa shape index (κ1) is 116. The third-order valence-corrected chi connectivity index (χ3v) is 30.3. The zero-order chi connectivity index (χ0) is 103. The molecule has 4 atom stereocenters. The Morgan fingerprint density at radius 3 is 0.790 bits per heavy atom. The minimum Gasteiger partial charge on any atom is -1.00 e. The molecule has 4 aliphatic rings. The maximum absolute atomic E-state index is 12.6. The van der Waals surface area contributed by atoms with Gasteiger partial charge in [-0.1, -0.05) is 55.4 Å². The van der Waals surface area contributed by atoms with E-state index in [0.717, 1.165) is 90.3 Å². The van der Waals surface area contributed by atoms with Crippen LogP contribution in [-0.2, 0) is 127 Å². The van der Waals surface area contributed by atoms with Crippen LogP contribution in [0.15, 0.2) is 117 Å². The van der Waals surface area contributed by atoms with Crippen LogP contribution in [-0.4, -0.2) is 221 Å². The molecule has 8 aromatic heterocycles. The van der Waals surface area contributed by atoms with E-state index in [2.05, 4.69) is 152 Å². The molecule has 36 nitrogen and oxygen atoms in total. The van der Waals surface area contributed by atoms with Crippen molar-refractivity contribution < 1.29 is 105 Å². The Hall–Kier alpha value is -10.8. The predicted molar refractivity (Wildman–Crippen MR) is 545 cm³/mol. The summed E-state index contributed by atoms with van der Waals surface area (Å²) in [4.78, 5) is 101. The average molecular weight is 2080 g/mol. The molecule has 4 aliphatic heterocycles. The van der Waals surface area contributed by atoms with Crippen molar-refractivity contribution in [2.75, 3.05) is 70.8 Å². The first-order chi connectivity index (χ1) is 65.2. The molecule has 12 heterocycles. The zero-order valence-electron chi connectivity index (χ0n) is 86.1. The number of nitrogens with zero attached hydrogens (tertiary/aromatic N) is 16. The molecule has 0 bridgehead atoms. The third-order valence-electron chi connectivity index (χ3n) is 25.6. The Morgan fingerprint density at radius 2 is 0.601 bits per heavy atom. The van der Waals surface area contributed by atoms with Crippen LogP contribution in [0, 0.1) is 58.8 Å². The number of esters is 3. The summed E-state index contributed by atoms with van der Waals surface area (Å²) in [6.07, 6.45) is 11.2. The number of fused-ring (bicyclic) bond motifs is 12. The number of halogens is 1. The van der Waals surface area contributed by atoms with Gasteiger partial charge in [0.15, 0.2) is 50.9 Å². The summed E-state index contributed by atoms with van der Waals surface area (Å²) in [7, 11) is -14.0. The van der Waals surface area contributed by atoms with Crippen molar-refractivity contribution in [2.45, 2.75) is 253 Å². The van der Waals surface area contributed by atoms with E-state index in [-0.39, 0.29) is 148 Å². The fraction of sp³-hybridized carbons (Fsp3) is 0.465. The molecular weight excluding hydrogens is 1950 g/mol. The number of benzene rings is 4. The molecule has 0 saturated heterocycles. The molecule has 143 heavy (non-hydrogen) atoms. The molecule has 16 rings (SSSR count). The number of rotatable bonds is 21. The number of carbonyl (C=O) groups excluding carboxylic acids is 5. The number of carbonyl (C=O) groups is 5. The van der Waals surface area contributed by atoms with E-state index in [1.54, 1.807) is 101 Å². The van der Waals surface area contributed by atoms with Gasteiger partial charge in [0.2, 0.25) is 23.8 Å². The second-order valence-electron chi connectivity index (χ2n) is 38.8. The van der Waals surface area contributed by atoms with E-state index < -0.39 is 68.5 Å². The van der Waals surface area contributed by atoms with Crippen LogP contribution in [0.25, 0.3) is 43.6 Å². The molecule has 5 N–H and O–H groups in total. The molecule has 4 aromatic carbocycles. The summed E-state index contributed by atoms with van der Waals surface area (Å²) in [5, 5.41) is 53.6. The van der Waals surface area contributed by atoms with Gasteiger partial charge in [-0.25, -0.2) is 73.5 Å². The molecule has 42 heteroatoms. The van der Waals surface area contributed by atoms with E-state index in [1.807, 2.05) is 27.7 Å². The standard InChI is InChI=1S/C25H30N4O5S.2C24H32N4O4S.C23H28N4O4S.C4H6O3.CH3.ClH.Mg/c1-14(2)24-22-10-18-9-19(13-34-17(5)31)23(35(6,32)33)11-21(18)28(22)7-8-29(24)25-26-12-20(16(4)30)15(3)27-25;2*1-14(2)22-20-10-16-9-17(13-29)21(33(6,31)32)11-19(16)27(20)7-8-28(22)23-25-12-18(15(3)26-23)24(4,5)30;1-13(2)22-20-9-16-8-17(12-28)21(32(5,30)31)10-19(16)26(20)6-7-27(22)23-24-11-18(15(4)29)14(3)25-23;1-3(5)7-4(2)6;;;/h9-12,14,24H,7-8,13H2,1-6H3;2*9-12,14,22,29-30H,7-8,13H2,1-6H3;8-11,13,22,28H,6-7,12H2,1-5H3;1-2H3;1H3;1H;/q;;;;;-1;;+2/p-1/t;2*22-;;;;;/m.10...../s1. The number of aromatic nitrogens is 12. The quantitative estimate of drug-likeness (QED) is 0.0147. The Balaban J connectivity index is 0.000000206. The van der Waals surface area contributed by atoms with Crippen LogP contribution in [0.5, 0.6) is 0 Å². The number of aliphatic hydroxyl groups excluding tert-OH is 3. The fourth-order valence-electron chi connectivity index (χ4n) is 19.7. The Labute approximate surface area is 858 Å². The number of aryl methyl sites for hydroxylation is 4.